The third-order valence-electron chi connectivity index (χ3n) is 5.14. The van der Waals surface area contributed by atoms with Crippen LogP contribution >= 0.6 is 0 Å². The number of hydrogen-bond donors (Lipinski definition) is 0. The number of anilines is 1. The van der Waals surface area contributed by atoms with Gasteiger partial charge in [0.2, 0.25) is 17.6 Å². The molecule has 1 unspecified atom stereocenters. The topological polar surface area (TPSA) is 108 Å². The van der Waals surface area contributed by atoms with Crippen LogP contribution in [0.15, 0.2) is 18.7 Å². The molecule has 4 heterocycles. The number of carbonyl (C=O) groups is 1. The van der Waals surface area contributed by atoms with Crippen LogP contribution in [-0.2, 0) is 11.3 Å². The molecule has 1 fully saturated rings. The highest BCUT2D eigenvalue weighted by atomic mass is 16.5. The zero-order valence-corrected chi connectivity index (χ0v) is 15.2. The Morgan fingerprint density at radius 3 is 2.74 bits per heavy atom. The molecule has 138 valence electrons. The monoisotopic (exact) mass is 365 g/mol. The highest BCUT2D eigenvalue weighted by molar-refractivity contribution is 5.78. The number of amides is 1. The molecule has 0 spiro atoms. The zero-order chi connectivity index (χ0) is 19.0. The van der Waals surface area contributed by atoms with Gasteiger partial charge < -0.3 is 14.5 Å². The molecular formula is C18H19N7O2. The van der Waals surface area contributed by atoms with Gasteiger partial charge >= 0.3 is 0 Å². The molecule has 1 amide bonds. The molecule has 2 aliphatic heterocycles. The van der Waals surface area contributed by atoms with Crippen LogP contribution < -0.4 is 9.64 Å². The lowest BCUT2D eigenvalue weighted by atomic mass is 9.95. The van der Waals surface area contributed by atoms with Gasteiger partial charge in [-0.15, -0.1) is 0 Å². The fourth-order valence-corrected chi connectivity index (χ4v) is 3.73. The van der Waals surface area contributed by atoms with Crippen molar-refractivity contribution in [3.63, 3.8) is 0 Å². The second-order valence-corrected chi connectivity index (χ2v) is 6.80. The lowest BCUT2D eigenvalue weighted by Gasteiger charge is -2.41. The highest BCUT2D eigenvalue weighted by Gasteiger charge is 2.38. The van der Waals surface area contributed by atoms with Crippen molar-refractivity contribution in [3.8, 4) is 11.9 Å². The van der Waals surface area contributed by atoms with Crippen LogP contribution in [0.4, 0.5) is 5.69 Å². The normalized spacial score (nSPS) is 18.6. The number of aromatic nitrogens is 4. The van der Waals surface area contributed by atoms with Crippen LogP contribution in [0.1, 0.15) is 36.5 Å². The van der Waals surface area contributed by atoms with E-state index in [1.807, 2.05) is 13.0 Å². The maximum Gasteiger partial charge on any atom is 0.235 e. The standard InChI is InChI=1S/C18H19N7O2/c1-11-17-14(22-15(4-19)23-18(17)27-2)9-25(11)16(26)3-12-7-24(8-12)13-5-20-10-21-6-13/h5-6,10-12H,3,7-9H2,1-2H3. The van der Waals surface area contributed by atoms with Gasteiger partial charge in [-0.25, -0.2) is 15.0 Å². The van der Waals surface area contributed by atoms with Crippen molar-refractivity contribution in [2.75, 3.05) is 25.1 Å². The van der Waals surface area contributed by atoms with Gasteiger partial charge in [0, 0.05) is 25.4 Å². The van der Waals surface area contributed by atoms with E-state index in [9.17, 15) is 4.79 Å². The predicted molar refractivity (Wildman–Crippen MR) is 94.6 cm³/mol. The molecule has 0 bridgehead atoms. The van der Waals surface area contributed by atoms with E-state index in [4.69, 9.17) is 10.00 Å². The van der Waals surface area contributed by atoms with Crippen LogP contribution in [0.2, 0.25) is 0 Å². The summed E-state index contributed by atoms with van der Waals surface area (Å²) in [4.78, 5) is 33.2. The van der Waals surface area contributed by atoms with Gasteiger partial charge in [-0.3, -0.25) is 4.79 Å². The van der Waals surface area contributed by atoms with Gasteiger partial charge in [0.25, 0.3) is 0 Å². The minimum Gasteiger partial charge on any atom is -0.481 e. The van der Waals surface area contributed by atoms with Crippen LogP contribution in [0.3, 0.4) is 0 Å². The molecule has 2 aromatic heterocycles. The smallest absolute Gasteiger partial charge is 0.235 e. The summed E-state index contributed by atoms with van der Waals surface area (Å²) in [6.07, 6.45) is 5.54. The van der Waals surface area contributed by atoms with Gasteiger partial charge in [-0.1, -0.05) is 0 Å². The molecule has 0 N–H and O–H groups in total. The van der Waals surface area contributed by atoms with Crippen LogP contribution in [0.25, 0.3) is 0 Å². The maximum atomic E-state index is 12.9. The molecule has 0 aliphatic carbocycles. The SMILES string of the molecule is COc1nc(C#N)nc2c1C(C)N(C(=O)CC1CN(c3cncnc3)C1)C2. The molecule has 2 aromatic rings. The predicted octanol–water partition coefficient (Wildman–Crippen LogP) is 1.08. The van der Waals surface area contributed by atoms with Crippen molar-refractivity contribution < 1.29 is 9.53 Å². The third kappa shape index (κ3) is 3.03. The fourth-order valence-electron chi connectivity index (χ4n) is 3.73. The highest BCUT2D eigenvalue weighted by Crippen LogP contribution is 2.38. The van der Waals surface area contributed by atoms with Gasteiger partial charge in [0.05, 0.1) is 49.0 Å². The lowest BCUT2D eigenvalue weighted by Crippen LogP contribution is -2.48. The molecule has 27 heavy (non-hydrogen) atoms. The minimum atomic E-state index is -0.172. The Kier molecular flexibility index (Phi) is 4.32. The Balaban J connectivity index is 1.41. The molecular weight excluding hydrogens is 346 g/mol. The first-order chi connectivity index (χ1) is 13.1. The summed E-state index contributed by atoms with van der Waals surface area (Å²) < 4.78 is 5.32. The van der Waals surface area contributed by atoms with Crippen molar-refractivity contribution in [2.24, 2.45) is 5.92 Å². The molecule has 4 rings (SSSR count). The molecule has 1 atom stereocenters. The van der Waals surface area contributed by atoms with Crippen molar-refractivity contribution in [1.82, 2.24) is 24.8 Å². The van der Waals surface area contributed by atoms with Crippen molar-refractivity contribution in [3.05, 3.63) is 35.8 Å². The summed E-state index contributed by atoms with van der Waals surface area (Å²) >= 11 is 0. The third-order valence-corrected chi connectivity index (χ3v) is 5.14. The van der Waals surface area contributed by atoms with Crippen molar-refractivity contribution >= 4 is 11.6 Å². The summed E-state index contributed by atoms with van der Waals surface area (Å²) in [5, 5.41) is 9.08. The Bertz CT molecular complexity index is 906. The molecule has 9 heteroatoms. The first-order valence-electron chi connectivity index (χ1n) is 8.75. The van der Waals surface area contributed by atoms with E-state index in [0.29, 0.717) is 30.5 Å². The number of nitriles is 1. The lowest BCUT2D eigenvalue weighted by molar-refractivity contribution is -0.134. The quantitative estimate of drug-likeness (QED) is 0.792. The summed E-state index contributed by atoms with van der Waals surface area (Å²) in [5.41, 5.74) is 2.46. The fraction of sp³-hybridized carbons (Fsp3) is 0.444. The first kappa shape index (κ1) is 17.1. The van der Waals surface area contributed by atoms with E-state index in [-0.39, 0.29) is 17.8 Å². The van der Waals surface area contributed by atoms with Crippen LogP contribution in [-0.4, -0.2) is 50.9 Å². The van der Waals surface area contributed by atoms with E-state index in [2.05, 4.69) is 24.8 Å². The van der Waals surface area contributed by atoms with E-state index in [0.717, 1.165) is 24.3 Å². The molecule has 0 aromatic carbocycles. The molecule has 9 nitrogen and oxygen atoms in total. The average Bonchev–Trinajstić information content (AvgIpc) is 3.00. The van der Waals surface area contributed by atoms with Gasteiger partial charge in [0.1, 0.15) is 12.4 Å². The van der Waals surface area contributed by atoms with Crippen molar-refractivity contribution in [1.29, 1.82) is 5.26 Å². The van der Waals surface area contributed by atoms with Gasteiger partial charge in [-0.2, -0.15) is 10.2 Å². The number of ether oxygens (including phenoxy) is 1. The molecule has 1 saturated heterocycles. The van der Waals surface area contributed by atoms with Crippen LogP contribution in [0, 0.1) is 17.2 Å². The Labute approximate surface area is 156 Å². The number of hydrogen-bond acceptors (Lipinski definition) is 8. The van der Waals surface area contributed by atoms with E-state index in [1.165, 1.54) is 13.4 Å². The summed E-state index contributed by atoms with van der Waals surface area (Å²) in [6, 6.07) is 1.77. The van der Waals surface area contributed by atoms with Gasteiger partial charge in [0.15, 0.2) is 0 Å². The minimum absolute atomic E-state index is 0.0619. The number of rotatable bonds is 4. The Hall–Kier alpha value is -3.28. The molecule has 2 aliphatic rings. The first-order valence-corrected chi connectivity index (χ1v) is 8.75. The molecule has 0 saturated carbocycles. The second-order valence-electron chi connectivity index (χ2n) is 6.80. The maximum absolute atomic E-state index is 12.9. The summed E-state index contributed by atoms with van der Waals surface area (Å²) in [7, 11) is 1.51. The number of carbonyl (C=O) groups excluding carboxylic acids is 1. The van der Waals surface area contributed by atoms with E-state index in [1.54, 1.807) is 17.3 Å². The average molecular weight is 365 g/mol. The number of nitrogens with zero attached hydrogens (tertiary/aromatic N) is 7. The number of methoxy groups -OCH3 is 1. The summed E-state index contributed by atoms with van der Waals surface area (Å²) in [5.74, 6) is 0.816. The molecule has 0 radical (unpaired) electrons. The van der Waals surface area contributed by atoms with Crippen LogP contribution in [0.5, 0.6) is 5.88 Å². The van der Waals surface area contributed by atoms with E-state index >= 15 is 0 Å². The largest absolute Gasteiger partial charge is 0.481 e. The second kappa shape index (κ2) is 6.79. The Morgan fingerprint density at radius 2 is 2.07 bits per heavy atom. The Morgan fingerprint density at radius 1 is 1.33 bits per heavy atom. The van der Waals surface area contributed by atoms with Crippen molar-refractivity contribution in [2.45, 2.75) is 25.9 Å². The number of fused-ring (bicyclic) bond motifs is 1. The van der Waals surface area contributed by atoms with E-state index < -0.39 is 0 Å². The zero-order valence-electron chi connectivity index (χ0n) is 15.2. The summed E-state index contributed by atoms with van der Waals surface area (Å²) in [6.45, 7) is 3.95. The van der Waals surface area contributed by atoms with Gasteiger partial charge in [-0.05, 0) is 6.92 Å².